The summed E-state index contributed by atoms with van der Waals surface area (Å²) in [6, 6.07) is 3.49. The molecule has 2 N–H and O–H groups in total. The van der Waals surface area contributed by atoms with Gasteiger partial charge in [-0.05, 0) is 28.7 Å². The van der Waals surface area contributed by atoms with E-state index in [-0.39, 0.29) is 5.88 Å². The van der Waals surface area contributed by atoms with Crippen LogP contribution in [-0.2, 0) is 0 Å². The molecule has 0 saturated carbocycles. The molecule has 0 radical (unpaired) electrons. The smallest absolute Gasteiger partial charge is 0.139 e. The molecule has 0 bridgehead atoms. The molecule has 0 fully saturated rings. The minimum absolute atomic E-state index is 0.195. The molecule has 82 valence electrons. The summed E-state index contributed by atoms with van der Waals surface area (Å²) in [5.41, 5.74) is 6.25. The molecule has 1 rings (SSSR count). The molecule has 0 aliphatic carbocycles. The van der Waals surface area contributed by atoms with Crippen LogP contribution in [0.25, 0.3) is 0 Å². The molecule has 0 amide bonds. The van der Waals surface area contributed by atoms with Crippen LogP contribution in [0.5, 0.6) is 5.75 Å². The quantitative estimate of drug-likeness (QED) is 0.390. The highest BCUT2D eigenvalue weighted by molar-refractivity contribution is 14.1. The van der Waals surface area contributed by atoms with Gasteiger partial charge < -0.3 is 10.5 Å². The van der Waals surface area contributed by atoms with Crippen molar-refractivity contribution in [1.29, 1.82) is 0 Å². The number of hydrogen-bond donors (Lipinski definition) is 1. The Bertz CT molecular complexity index is 396. The summed E-state index contributed by atoms with van der Waals surface area (Å²) in [6.07, 6.45) is 0. The minimum atomic E-state index is 0.195. The fourth-order valence-electron chi connectivity index (χ4n) is 0.945. The third kappa shape index (κ3) is 3.39. The maximum atomic E-state index is 5.94. The minimum Gasteiger partial charge on any atom is -0.495 e. The predicted molar refractivity (Wildman–Crippen MR) is 72.7 cm³/mol. The van der Waals surface area contributed by atoms with Gasteiger partial charge in [0.1, 0.15) is 11.6 Å². The molecule has 0 aromatic heterocycles. The van der Waals surface area contributed by atoms with E-state index in [1.54, 1.807) is 19.2 Å². The SMILES string of the molecule is COc1cc(N=C(N)CCl)c(I)cc1Cl. The Morgan fingerprint density at radius 3 is 2.80 bits per heavy atom. The Morgan fingerprint density at radius 1 is 1.60 bits per heavy atom. The monoisotopic (exact) mass is 358 g/mol. The highest BCUT2D eigenvalue weighted by Crippen LogP contribution is 2.33. The number of nitrogens with zero attached hydrogens (tertiary/aromatic N) is 1. The molecule has 0 heterocycles. The first-order chi connectivity index (χ1) is 7.08. The van der Waals surface area contributed by atoms with Gasteiger partial charge in [-0.15, -0.1) is 11.6 Å². The Hall–Kier alpha value is -0.200. The van der Waals surface area contributed by atoms with E-state index in [2.05, 4.69) is 27.6 Å². The van der Waals surface area contributed by atoms with Gasteiger partial charge in [-0.3, -0.25) is 0 Å². The second-order valence-corrected chi connectivity index (χ2v) is 4.51. The van der Waals surface area contributed by atoms with E-state index in [9.17, 15) is 0 Å². The van der Waals surface area contributed by atoms with Gasteiger partial charge in [0.15, 0.2) is 0 Å². The number of ether oxygens (including phenoxy) is 1. The van der Waals surface area contributed by atoms with Gasteiger partial charge in [0.05, 0.1) is 23.7 Å². The van der Waals surface area contributed by atoms with Gasteiger partial charge >= 0.3 is 0 Å². The van der Waals surface area contributed by atoms with Gasteiger partial charge in [-0.1, -0.05) is 11.6 Å². The topological polar surface area (TPSA) is 47.6 Å². The Kier molecular flexibility index (Phi) is 4.95. The molecule has 0 spiro atoms. The van der Waals surface area contributed by atoms with E-state index >= 15 is 0 Å². The second kappa shape index (κ2) is 5.77. The van der Waals surface area contributed by atoms with Crippen LogP contribution in [0, 0.1) is 3.57 Å². The van der Waals surface area contributed by atoms with Crippen LogP contribution >= 0.6 is 45.8 Å². The van der Waals surface area contributed by atoms with Crippen LogP contribution in [0.3, 0.4) is 0 Å². The number of halogens is 3. The highest BCUT2D eigenvalue weighted by Gasteiger charge is 2.06. The van der Waals surface area contributed by atoms with Crippen LogP contribution in [0.1, 0.15) is 0 Å². The molecular formula is C9H9Cl2IN2O. The van der Waals surface area contributed by atoms with Crippen molar-refractivity contribution < 1.29 is 4.74 Å². The molecule has 0 unspecified atom stereocenters. The second-order valence-electron chi connectivity index (χ2n) is 2.67. The molecule has 0 saturated heterocycles. The third-order valence-electron chi connectivity index (χ3n) is 1.62. The molecule has 0 aliphatic rings. The number of methoxy groups -OCH3 is 1. The molecular weight excluding hydrogens is 350 g/mol. The van der Waals surface area contributed by atoms with Crippen molar-refractivity contribution in [2.75, 3.05) is 13.0 Å². The van der Waals surface area contributed by atoms with Crippen molar-refractivity contribution in [3.8, 4) is 5.75 Å². The van der Waals surface area contributed by atoms with E-state index in [4.69, 9.17) is 33.7 Å². The zero-order valence-corrected chi connectivity index (χ0v) is 11.6. The Morgan fingerprint density at radius 2 is 2.27 bits per heavy atom. The van der Waals surface area contributed by atoms with Crippen molar-refractivity contribution in [2.24, 2.45) is 10.7 Å². The van der Waals surface area contributed by atoms with E-state index in [0.29, 0.717) is 22.3 Å². The summed E-state index contributed by atoms with van der Waals surface area (Å²) in [4.78, 5) is 4.14. The summed E-state index contributed by atoms with van der Waals surface area (Å²) >= 11 is 13.6. The van der Waals surface area contributed by atoms with E-state index in [1.807, 2.05) is 0 Å². The molecule has 6 heteroatoms. The molecule has 1 aromatic rings. The molecule has 3 nitrogen and oxygen atoms in total. The summed E-state index contributed by atoms with van der Waals surface area (Å²) in [5.74, 6) is 1.12. The number of rotatable bonds is 3. The lowest BCUT2D eigenvalue weighted by Crippen LogP contribution is -2.12. The normalized spacial score (nSPS) is 11.6. The number of nitrogens with two attached hydrogens (primary N) is 1. The molecule has 15 heavy (non-hydrogen) atoms. The first kappa shape index (κ1) is 12.9. The lowest BCUT2D eigenvalue weighted by Gasteiger charge is -2.06. The van der Waals surface area contributed by atoms with Crippen molar-refractivity contribution in [3.63, 3.8) is 0 Å². The fraction of sp³-hybridized carbons (Fsp3) is 0.222. The van der Waals surface area contributed by atoms with Crippen LogP contribution < -0.4 is 10.5 Å². The molecule has 1 aromatic carbocycles. The lowest BCUT2D eigenvalue weighted by atomic mass is 10.3. The van der Waals surface area contributed by atoms with Crippen molar-refractivity contribution >= 4 is 57.3 Å². The zero-order valence-electron chi connectivity index (χ0n) is 7.93. The Balaban J connectivity index is 3.19. The summed E-state index contributed by atoms with van der Waals surface area (Å²) in [5, 5.41) is 0.547. The standard InChI is InChI=1S/C9H9Cl2IN2O/c1-15-8-3-7(14-9(13)4-10)6(12)2-5(8)11/h2-3H,4H2,1H3,(H2,13,14). The van der Waals surface area contributed by atoms with E-state index in [0.717, 1.165) is 3.57 Å². The van der Waals surface area contributed by atoms with Gasteiger partial charge in [-0.25, -0.2) is 4.99 Å². The summed E-state index contributed by atoms with van der Waals surface area (Å²) in [6.45, 7) is 0. The van der Waals surface area contributed by atoms with Crippen molar-refractivity contribution in [3.05, 3.63) is 20.7 Å². The molecule has 0 atom stereocenters. The van der Waals surface area contributed by atoms with Gasteiger partial charge in [0.2, 0.25) is 0 Å². The van der Waals surface area contributed by atoms with Gasteiger partial charge in [-0.2, -0.15) is 0 Å². The number of aliphatic imine (C=N–C) groups is 1. The maximum absolute atomic E-state index is 5.94. The van der Waals surface area contributed by atoms with Crippen LogP contribution in [0.4, 0.5) is 5.69 Å². The number of hydrogen-bond acceptors (Lipinski definition) is 2. The average molecular weight is 359 g/mol. The third-order valence-corrected chi connectivity index (χ3v) is 3.06. The zero-order chi connectivity index (χ0) is 11.4. The van der Waals surface area contributed by atoms with Crippen molar-refractivity contribution in [1.82, 2.24) is 0 Å². The summed E-state index contributed by atoms with van der Waals surface area (Å²) < 4.78 is 5.97. The fourth-order valence-corrected chi connectivity index (χ4v) is 2.02. The number of alkyl halides is 1. The van der Waals surface area contributed by atoms with Crippen LogP contribution in [-0.4, -0.2) is 18.8 Å². The Labute approximate surface area is 112 Å². The summed E-state index contributed by atoms with van der Waals surface area (Å²) in [7, 11) is 1.55. The van der Waals surface area contributed by atoms with E-state index < -0.39 is 0 Å². The number of benzene rings is 1. The largest absolute Gasteiger partial charge is 0.495 e. The molecule has 0 aliphatic heterocycles. The maximum Gasteiger partial charge on any atom is 0.139 e. The first-order valence-electron chi connectivity index (χ1n) is 4.00. The lowest BCUT2D eigenvalue weighted by molar-refractivity contribution is 0.415. The highest BCUT2D eigenvalue weighted by atomic mass is 127. The first-order valence-corrected chi connectivity index (χ1v) is 5.99. The van der Waals surface area contributed by atoms with Gasteiger partial charge in [0, 0.05) is 9.64 Å². The van der Waals surface area contributed by atoms with E-state index in [1.165, 1.54) is 0 Å². The van der Waals surface area contributed by atoms with Gasteiger partial charge in [0.25, 0.3) is 0 Å². The number of amidine groups is 1. The van der Waals surface area contributed by atoms with Crippen LogP contribution in [0.15, 0.2) is 17.1 Å². The van der Waals surface area contributed by atoms with Crippen molar-refractivity contribution in [2.45, 2.75) is 0 Å². The van der Waals surface area contributed by atoms with Crippen LogP contribution in [0.2, 0.25) is 5.02 Å². The average Bonchev–Trinajstić information content (AvgIpc) is 2.21. The predicted octanol–water partition coefficient (Wildman–Crippen LogP) is 3.18.